The molecule has 1 saturated carbocycles. The van der Waals surface area contributed by atoms with E-state index in [1.807, 2.05) is 0 Å². The molecule has 3 aliphatic carbocycles. The van der Waals surface area contributed by atoms with E-state index in [9.17, 15) is 0 Å². The SMILES string of the molecule is Cc1ccccc1-c1cccc(-c2nc(-c3ccccc3)nc(C(C)C(C)C3=c4c(c5ccccc5n4C4=CC(c5ccccc5)CC=C4)=C(n4c5ccccc5c5ccccc54)CC3C3CCCCC3C)n2)c1. The van der Waals surface area contributed by atoms with E-state index in [0.29, 0.717) is 23.5 Å². The molecule has 0 saturated heterocycles. The molecule has 74 heavy (non-hydrogen) atoms. The Kier molecular flexibility index (Phi) is 11.9. The van der Waals surface area contributed by atoms with Gasteiger partial charge in [0.05, 0.1) is 21.9 Å². The Hall–Kier alpha value is -7.89. The fraction of sp³-hybridized carbons (Fsp3) is 0.232. The van der Waals surface area contributed by atoms with Crippen molar-refractivity contribution in [2.45, 2.75) is 78.1 Å². The van der Waals surface area contributed by atoms with Crippen molar-refractivity contribution < 1.29 is 0 Å². The molecule has 0 bridgehead atoms. The smallest absolute Gasteiger partial charge is 0.163 e. The lowest BCUT2D eigenvalue weighted by molar-refractivity contribution is 0.200. The van der Waals surface area contributed by atoms with Gasteiger partial charge in [0.15, 0.2) is 11.6 Å². The molecular weight excluding hydrogens is 899 g/mol. The minimum Gasteiger partial charge on any atom is -0.312 e. The van der Waals surface area contributed by atoms with Gasteiger partial charge in [-0.15, -0.1) is 0 Å². The fourth-order valence-electron chi connectivity index (χ4n) is 13.4. The number of hydrogen-bond acceptors (Lipinski definition) is 3. The highest BCUT2D eigenvalue weighted by Gasteiger charge is 2.40. The molecule has 0 radical (unpaired) electrons. The van der Waals surface area contributed by atoms with Crippen molar-refractivity contribution in [1.82, 2.24) is 24.1 Å². The summed E-state index contributed by atoms with van der Waals surface area (Å²) in [5, 5.41) is 6.60. The Morgan fingerprint density at radius 1 is 0.554 bits per heavy atom. The molecule has 6 atom stereocenters. The van der Waals surface area contributed by atoms with E-state index in [0.717, 1.165) is 35.4 Å². The molecule has 0 aliphatic heterocycles. The van der Waals surface area contributed by atoms with Crippen molar-refractivity contribution in [3.05, 3.63) is 228 Å². The molecule has 7 aromatic carbocycles. The number of aryl methyl sites for hydroxylation is 1. The standard InChI is InChI=1S/C69H63N5/c1-44-23-11-13-33-54(44)51-30-21-31-52(41-51)69-71-67(70-68(72-69)49-27-9-6-10-28-49)47(4)46(3)64-59(55-34-14-12-24-45(55)2)43-63(74-60-38-18-15-35-56(60)57-36-16-19-39-61(57)74)65-58-37-17-20-40-62(58)73(66(64)65)53-32-22-29-50(42-53)48-25-7-5-8-26-48/h5-11,13,15-23,25-28,30-33,35-42,45-47,50,55,59H,12,14,24,29,34,43H2,1-4H3. The lowest BCUT2D eigenvalue weighted by atomic mass is 9.65. The van der Waals surface area contributed by atoms with Gasteiger partial charge in [-0.2, -0.15) is 0 Å². The van der Waals surface area contributed by atoms with Crippen LogP contribution in [-0.2, 0) is 0 Å². The van der Waals surface area contributed by atoms with Crippen molar-refractivity contribution >= 4 is 49.7 Å². The van der Waals surface area contributed by atoms with Crippen LogP contribution in [0.2, 0.25) is 0 Å². The first-order valence-electron chi connectivity index (χ1n) is 27.2. The summed E-state index contributed by atoms with van der Waals surface area (Å²) in [5.41, 5.74) is 14.9. The summed E-state index contributed by atoms with van der Waals surface area (Å²) in [7, 11) is 0. The molecule has 6 unspecified atom stereocenters. The van der Waals surface area contributed by atoms with Gasteiger partial charge in [0, 0.05) is 55.7 Å². The van der Waals surface area contributed by atoms with Gasteiger partial charge < -0.3 is 9.13 Å². The Bertz CT molecular complexity index is 3890. The number of aromatic nitrogens is 5. The first-order chi connectivity index (χ1) is 36.4. The van der Waals surface area contributed by atoms with E-state index < -0.39 is 0 Å². The van der Waals surface area contributed by atoms with Crippen LogP contribution in [0.1, 0.15) is 88.1 Å². The number of rotatable bonds is 10. The second-order valence-corrected chi connectivity index (χ2v) is 21.5. The molecule has 3 aromatic heterocycles. The van der Waals surface area contributed by atoms with E-state index in [1.54, 1.807) is 0 Å². The zero-order chi connectivity index (χ0) is 49.9. The van der Waals surface area contributed by atoms with E-state index >= 15 is 0 Å². The predicted molar refractivity (Wildman–Crippen MR) is 308 cm³/mol. The van der Waals surface area contributed by atoms with Crippen LogP contribution in [0.25, 0.3) is 83.6 Å². The summed E-state index contributed by atoms with van der Waals surface area (Å²) >= 11 is 0. The van der Waals surface area contributed by atoms with Crippen molar-refractivity contribution in [1.29, 1.82) is 0 Å². The van der Waals surface area contributed by atoms with Crippen LogP contribution in [-0.4, -0.2) is 24.1 Å². The Morgan fingerprint density at radius 3 is 1.86 bits per heavy atom. The number of benzene rings is 7. The molecular formula is C69H63N5. The summed E-state index contributed by atoms with van der Waals surface area (Å²) in [6.07, 6.45) is 14.3. The van der Waals surface area contributed by atoms with Crippen LogP contribution in [0.3, 0.4) is 0 Å². The van der Waals surface area contributed by atoms with Gasteiger partial charge in [-0.05, 0) is 108 Å². The second-order valence-electron chi connectivity index (χ2n) is 21.5. The normalized spacial score (nSPS) is 19.7. The number of allylic oxidation sites excluding steroid dienone is 4. The van der Waals surface area contributed by atoms with Crippen LogP contribution >= 0.6 is 0 Å². The first-order valence-corrected chi connectivity index (χ1v) is 27.2. The zero-order valence-corrected chi connectivity index (χ0v) is 43.0. The highest BCUT2D eigenvalue weighted by Crippen LogP contribution is 2.48. The molecule has 0 spiro atoms. The van der Waals surface area contributed by atoms with Gasteiger partial charge in [0.25, 0.3) is 0 Å². The maximum atomic E-state index is 5.56. The minimum atomic E-state index is -0.0581. The molecule has 0 N–H and O–H groups in total. The molecule has 10 aromatic rings. The third-order valence-electron chi connectivity index (χ3n) is 17.2. The molecule has 1 fully saturated rings. The van der Waals surface area contributed by atoms with Gasteiger partial charge in [-0.3, -0.25) is 0 Å². The third kappa shape index (κ3) is 7.96. The topological polar surface area (TPSA) is 48.5 Å². The van der Waals surface area contributed by atoms with Crippen molar-refractivity contribution in [2.75, 3.05) is 0 Å². The van der Waals surface area contributed by atoms with Gasteiger partial charge in [-0.1, -0.05) is 210 Å². The predicted octanol–water partition coefficient (Wildman–Crippen LogP) is 15.9. The molecule has 5 heteroatoms. The zero-order valence-electron chi connectivity index (χ0n) is 43.0. The maximum Gasteiger partial charge on any atom is 0.163 e. The van der Waals surface area contributed by atoms with Crippen molar-refractivity contribution in [3.8, 4) is 33.9 Å². The Balaban J connectivity index is 1.11. The molecule has 13 rings (SSSR count). The highest BCUT2D eigenvalue weighted by molar-refractivity contribution is 6.10. The number of nitrogens with zero attached hydrogens (tertiary/aromatic N) is 5. The van der Waals surface area contributed by atoms with Crippen LogP contribution in [0.15, 0.2) is 200 Å². The number of para-hydroxylation sites is 3. The van der Waals surface area contributed by atoms with Crippen LogP contribution in [0.4, 0.5) is 0 Å². The Morgan fingerprint density at radius 2 is 1.15 bits per heavy atom. The average Bonchev–Trinajstić information content (AvgIpc) is 3.99. The van der Waals surface area contributed by atoms with Crippen LogP contribution in [0, 0.1) is 30.6 Å². The summed E-state index contributed by atoms with van der Waals surface area (Å²) in [4.78, 5) is 16.3. The highest BCUT2D eigenvalue weighted by atomic mass is 15.0. The number of hydrogen-bond donors (Lipinski definition) is 0. The molecule has 3 aliphatic rings. The lowest BCUT2D eigenvalue weighted by Crippen LogP contribution is -2.45. The molecule has 364 valence electrons. The van der Waals surface area contributed by atoms with Gasteiger partial charge in [-0.25, -0.2) is 15.0 Å². The molecule has 3 heterocycles. The molecule has 5 nitrogen and oxygen atoms in total. The van der Waals surface area contributed by atoms with Crippen molar-refractivity contribution in [3.63, 3.8) is 0 Å². The lowest BCUT2D eigenvalue weighted by Gasteiger charge is -2.41. The van der Waals surface area contributed by atoms with E-state index in [-0.39, 0.29) is 23.7 Å². The van der Waals surface area contributed by atoms with Crippen molar-refractivity contribution in [2.24, 2.45) is 23.7 Å². The largest absolute Gasteiger partial charge is 0.312 e. The molecule has 0 amide bonds. The minimum absolute atomic E-state index is 0.0581. The second kappa shape index (κ2) is 19.2. The van der Waals surface area contributed by atoms with Gasteiger partial charge >= 0.3 is 0 Å². The maximum absolute atomic E-state index is 5.56. The summed E-state index contributed by atoms with van der Waals surface area (Å²) in [6, 6.07) is 66.4. The quantitative estimate of drug-likeness (QED) is 0.137. The summed E-state index contributed by atoms with van der Waals surface area (Å²) in [6.45, 7) is 9.62. The summed E-state index contributed by atoms with van der Waals surface area (Å²) < 4.78 is 5.35. The van der Waals surface area contributed by atoms with E-state index in [2.05, 4.69) is 237 Å². The monoisotopic (exact) mass is 962 g/mol. The number of fused-ring (bicyclic) bond motifs is 6. The first kappa shape index (κ1) is 45.9. The van der Waals surface area contributed by atoms with Crippen LogP contribution in [0.5, 0.6) is 0 Å². The van der Waals surface area contributed by atoms with E-state index in [1.165, 1.54) is 103 Å². The van der Waals surface area contributed by atoms with Gasteiger partial charge in [0.2, 0.25) is 0 Å². The van der Waals surface area contributed by atoms with E-state index in [4.69, 9.17) is 15.0 Å². The average molecular weight is 962 g/mol. The Labute approximate surface area is 435 Å². The van der Waals surface area contributed by atoms with Crippen LogP contribution < -0.4 is 10.6 Å². The third-order valence-corrected chi connectivity index (χ3v) is 17.2. The fourth-order valence-corrected chi connectivity index (χ4v) is 13.4. The summed E-state index contributed by atoms with van der Waals surface area (Å²) in [5.74, 6) is 3.85. The van der Waals surface area contributed by atoms with Gasteiger partial charge in [0.1, 0.15) is 5.82 Å².